The molecule has 7 aromatic carbocycles. The number of fused-ring (bicyclic) bond motifs is 3. The predicted molar refractivity (Wildman–Crippen MR) is 211 cm³/mol. The van der Waals surface area contributed by atoms with E-state index in [9.17, 15) is 4.79 Å². The first-order chi connectivity index (χ1) is 25.1. The van der Waals surface area contributed by atoms with Gasteiger partial charge in [-0.15, -0.1) is 0 Å². The standard InChI is InChI=1S/C47H35N3O/c1-3-36-45-39(23-14-24-44(45)50(2)47(36)51)34-25-32-19-10-12-21-37(32)40(27-34)41-28-35(26-33-20-11-13-22-38(33)41)43-29-42(30-15-6-4-7-16-30)48-46(49-43)31-17-8-5-9-18-31/h4-29,36H,3H2,1-2H3. The summed E-state index contributed by atoms with van der Waals surface area (Å²) in [5.74, 6) is 0.696. The molecule has 0 spiro atoms. The van der Waals surface area contributed by atoms with Crippen LogP contribution in [0.4, 0.5) is 5.69 Å². The molecule has 4 heteroatoms. The lowest BCUT2D eigenvalue weighted by Crippen LogP contribution is -2.23. The number of carbonyl (C=O) groups is 1. The van der Waals surface area contributed by atoms with Crippen molar-refractivity contribution in [1.29, 1.82) is 0 Å². The second-order valence-corrected chi connectivity index (χ2v) is 13.3. The minimum Gasteiger partial charge on any atom is -0.315 e. The maximum absolute atomic E-state index is 13.3. The smallest absolute Gasteiger partial charge is 0.234 e. The molecule has 2 heterocycles. The molecular formula is C47H35N3O. The molecule has 1 amide bonds. The average Bonchev–Trinajstić information content (AvgIpc) is 3.45. The third-order valence-electron chi connectivity index (χ3n) is 10.3. The molecule has 1 unspecified atom stereocenters. The summed E-state index contributed by atoms with van der Waals surface area (Å²) in [6.45, 7) is 2.10. The SMILES string of the molecule is CCC1C(=O)N(C)c2cccc(-c3cc(-c4cc(-c5cc(-c6ccccc6)nc(-c6ccccc6)n5)cc5ccccc45)c4ccccc4c3)c21. The van der Waals surface area contributed by atoms with Crippen LogP contribution < -0.4 is 4.90 Å². The second kappa shape index (κ2) is 12.5. The highest BCUT2D eigenvalue weighted by Crippen LogP contribution is 2.46. The molecule has 0 N–H and O–H groups in total. The van der Waals surface area contributed by atoms with Gasteiger partial charge in [-0.05, 0) is 92.2 Å². The average molecular weight is 658 g/mol. The van der Waals surface area contributed by atoms with Crippen LogP contribution in [0.25, 0.3) is 77.7 Å². The van der Waals surface area contributed by atoms with Crippen molar-refractivity contribution in [3.05, 3.63) is 163 Å². The Morgan fingerprint density at radius 2 is 1.08 bits per heavy atom. The summed E-state index contributed by atoms with van der Waals surface area (Å²) in [4.78, 5) is 25.4. The van der Waals surface area contributed by atoms with Crippen molar-refractivity contribution in [2.24, 2.45) is 0 Å². The monoisotopic (exact) mass is 657 g/mol. The normalized spacial score (nSPS) is 14.0. The highest BCUT2D eigenvalue weighted by molar-refractivity contribution is 6.10. The Morgan fingerprint density at radius 1 is 0.529 bits per heavy atom. The van der Waals surface area contributed by atoms with Gasteiger partial charge in [-0.25, -0.2) is 9.97 Å². The van der Waals surface area contributed by atoms with Crippen molar-refractivity contribution in [3.63, 3.8) is 0 Å². The van der Waals surface area contributed by atoms with E-state index >= 15 is 0 Å². The molecule has 1 aliphatic rings. The fourth-order valence-electron chi connectivity index (χ4n) is 7.76. The molecule has 51 heavy (non-hydrogen) atoms. The Hall–Kier alpha value is -6.39. The Labute approximate surface area is 297 Å². The Kier molecular flexibility index (Phi) is 7.51. The third kappa shape index (κ3) is 5.28. The molecular weight excluding hydrogens is 623 g/mol. The van der Waals surface area contributed by atoms with E-state index in [1.54, 1.807) is 0 Å². The van der Waals surface area contributed by atoms with E-state index in [-0.39, 0.29) is 11.8 Å². The molecule has 1 aliphatic heterocycles. The fourth-order valence-corrected chi connectivity index (χ4v) is 7.76. The number of benzene rings is 7. The summed E-state index contributed by atoms with van der Waals surface area (Å²) < 4.78 is 0. The molecule has 0 saturated heterocycles. The molecule has 1 aromatic heterocycles. The van der Waals surface area contributed by atoms with Crippen LogP contribution in [0.3, 0.4) is 0 Å². The van der Waals surface area contributed by atoms with Crippen LogP contribution in [-0.4, -0.2) is 22.9 Å². The molecule has 8 aromatic rings. The lowest BCUT2D eigenvalue weighted by Gasteiger charge is -2.18. The first-order valence-corrected chi connectivity index (χ1v) is 17.5. The van der Waals surface area contributed by atoms with Gasteiger partial charge in [-0.2, -0.15) is 0 Å². The van der Waals surface area contributed by atoms with Gasteiger partial charge in [0.05, 0.1) is 17.3 Å². The van der Waals surface area contributed by atoms with Crippen molar-refractivity contribution in [2.45, 2.75) is 19.3 Å². The van der Waals surface area contributed by atoms with Gasteiger partial charge in [0.25, 0.3) is 0 Å². The van der Waals surface area contributed by atoms with Gasteiger partial charge in [0.1, 0.15) is 0 Å². The van der Waals surface area contributed by atoms with Crippen LogP contribution in [0, 0.1) is 0 Å². The number of carbonyl (C=O) groups excluding carboxylic acids is 1. The molecule has 9 rings (SSSR count). The molecule has 0 fully saturated rings. The van der Waals surface area contributed by atoms with Crippen molar-refractivity contribution in [3.8, 4) is 56.2 Å². The van der Waals surface area contributed by atoms with Gasteiger partial charge in [0.2, 0.25) is 5.91 Å². The van der Waals surface area contributed by atoms with E-state index in [1.165, 1.54) is 10.8 Å². The lowest BCUT2D eigenvalue weighted by atomic mass is 9.86. The van der Waals surface area contributed by atoms with Gasteiger partial charge in [-0.3, -0.25) is 4.79 Å². The topological polar surface area (TPSA) is 46.1 Å². The number of aromatic nitrogens is 2. The highest BCUT2D eigenvalue weighted by Gasteiger charge is 2.36. The van der Waals surface area contributed by atoms with E-state index in [0.717, 1.165) is 78.8 Å². The van der Waals surface area contributed by atoms with E-state index in [0.29, 0.717) is 5.82 Å². The zero-order chi connectivity index (χ0) is 34.5. The van der Waals surface area contributed by atoms with E-state index in [2.05, 4.69) is 128 Å². The number of amides is 1. The number of nitrogens with zero attached hydrogens (tertiary/aromatic N) is 3. The summed E-state index contributed by atoms with van der Waals surface area (Å²) in [5, 5.41) is 4.64. The predicted octanol–water partition coefficient (Wildman–Crippen LogP) is 11.6. The number of rotatable bonds is 6. The summed E-state index contributed by atoms with van der Waals surface area (Å²) >= 11 is 0. The Bertz CT molecular complexity index is 2550. The fraction of sp³-hybridized carbons (Fsp3) is 0.0851. The first-order valence-electron chi connectivity index (χ1n) is 17.5. The summed E-state index contributed by atoms with van der Waals surface area (Å²) in [5.41, 5.74) is 11.4. The van der Waals surface area contributed by atoms with E-state index < -0.39 is 0 Å². The van der Waals surface area contributed by atoms with Crippen molar-refractivity contribution < 1.29 is 4.79 Å². The van der Waals surface area contributed by atoms with Crippen LogP contribution >= 0.6 is 0 Å². The zero-order valence-electron chi connectivity index (χ0n) is 28.5. The summed E-state index contributed by atoms with van der Waals surface area (Å²) in [6, 6.07) is 55.3. The zero-order valence-corrected chi connectivity index (χ0v) is 28.5. The van der Waals surface area contributed by atoms with Gasteiger partial charge in [0.15, 0.2) is 5.82 Å². The van der Waals surface area contributed by atoms with Gasteiger partial charge in [0, 0.05) is 29.4 Å². The van der Waals surface area contributed by atoms with Crippen LogP contribution in [0.5, 0.6) is 0 Å². The number of hydrogen-bond donors (Lipinski definition) is 0. The molecule has 0 radical (unpaired) electrons. The van der Waals surface area contributed by atoms with Crippen LogP contribution in [-0.2, 0) is 4.79 Å². The van der Waals surface area contributed by atoms with Crippen LogP contribution in [0.15, 0.2) is 158 Å². The van der Waals surface area contributed by atoms with Gasteiger partial charge in [-0.1, -0.05) is 128 Å². The minimum absolute atomic E-state index is 0.157. The van der Waals surface area contributed by atoms with Crippen molar-refractivity contribution in [1.82, 2.24) is 9.97 Å². The number of hydrogen-bond acceptors (Lipinski definition) is 3. The largest absolute Gasteiger partial charge is 0.315 e. The van der Waals surface area contributed by atoms with Crippen molar-refractivity contribution >= 4 is 33.1 Å². The molecule has 4 nitrogen and oxygen atoms in total. The minimum atomic E-state index is -0.157. The highest BCUT2D eigenvalue weighted by atomic mass is 16.2. The van der Waals surface area contributed by atoms with Gasteiger partial charge < -0.3 is 4.90 Å². The van der Waals surface area contributed by atoms with E-state index in [1.807, 2.05) is 48.3 Å². The number of anilines is 1. The summed E-state index contributed by atoms with van der Waals surface area (Å²) in [6.07, 6.45) is 0.759. The maximum Gasteiger partial charge on any atom is 0.234 e. The van der Waals surface area contributed by atoms with E-state index in [4.69, 9.17) is 9.97 Å². The van der Waals surface area contributed by atoms with Crippen LogP contribution in [0.2, 0.25) is 0 Å². The maximum atomic E-state index is 13.3. The molecule has 244 valence electrons. The lowest BCUT2D eigenvalue weighted by molar-refractivity contribution is -0.119. The van der Waals surface area contributed by atoms with Crippen LogP contribution in [0.1, 0.15) is 24.8 Å². The Balaban J connectivity index is 1.30. The third-order valence-corrected chi connectivity index (χ3v) is 10.3. The first kappa shape index (κ1) is 30.7. The molecule has 0 bridgehead atoms. The molecule has 0 saturated carbocycles. The molecule has 1 atom stereocenters. The molecule has 0 aliphatic carbocycles. The quantitative estimate of drug-likeness (QED) is 0.179. The van der Waals surface area contributed by atoms with Gasteiger partial charge >= 0.3 is 0 Å². The number of likely N-dealkylation sites (N-methyl/N-ethyl adjacent to an activating group) is 1. The Morgan fingerprint density at radius 3 is 1.73 bits per heavy atom. The van der Waals surface area contributed by atoms with Crippen molar-refractivity contribution in [2.75, 3.05) is 11.9 Å². The second-order valence-electron chi connectivity index (χ2n) is 13.3. The summed E-state index contributed by atoms with van der Waals surface area (Å²) in [7, 11) is 1.89.